The summed E-state index contributed by atoms with van der Waals surface area (Å²) >= 11 is 0. The van der Waals surface area contributed by atoms with Gasteiger partial charge < -0.3 is 15.2 Å². The maximum absolute atomic E-state index is 12.3. The zero-order valence-corrected chi connectivity index (χ0v) is 15.3. The van der Waals surface area contributed by atoms with E-state index in [0.717, 1.165) is 24.3 Å². The second-order valence-corrected chi connectivity index (χ2v) is 7.00. The average molecular weight is 354 g/mol. The average Bonchev–Trinajstić information content (AvgIpc) is 2.95. The molecule has 1 aliphatic heterocycles. The van der Waals surface area contributed by atoms with E-state index in [0.29, 0.717) is 12.1 Å². The number of ether oxygens (including phenoxy) is 1. The van der Waals surface area contributed by atoms with Crippen LogP contribution in [0, 0.1) is 0 Å². The lowest BCUT2D eigenvalue weighted by Gasteiger charge is -2.18. The van der Waals surface area contributed by atoms with Gasteiger partial charge in [-0.15, -0.1) is 0 Å². The standard InChI is InChI=1S/C21H26N2O3/c1-15(2)26-20-14-23(13-19(20)24)12-16-8-10-17(11-9-16)21(25)22-18-6-4-3-5-7-18/h3-11,15,19-20,24H,12-14H2,1-2H3,(H,22,25)/t19-,20-/m1/s1. The van der Waals surface area contributed by atoms with Crippen molar-refractivity contribution in [2.24, 2.45) is 0 Å². The van der Waals surface area contributed by atoms with Gasteiger partial charge in [-0.2, -0.15) is 0 Å². The van der Waals surface area contributed by atoms with Gasteiger partial charge in [-0.25, -0.2) is 0 Å². The van der Waals surface area contributed by atoms with Crippen LogP contribution in [0.5, 0.6) is 0 Å². The van der Waals surface area contributed by atoms with Crippen LogP contribution in [0.2, 0.25) is 0 Å². The third kappa shape index (κ3) is 4.91. The molecule has 2 aromatic rings. The highest BCUT2D eigenvalue weighted by molar-refractivity contribution is 6.04. The number of aliphatic hydroxyl groups excluding tert-OH is 1. The highest BCUT2D eigenvalue weighted by Gasteiger charge is 2.32. The van der Waals surface area contributed by atoms with Crippen molar-refractivity contribution in [3.8, 4) is 0 Å². The first kappa shape index (κ1) is 18.6. The van der Waals surface area contributed by atoms with Crippen molar-refractivity contribution in [3.05, 3.63) is 65.7 Å². The number of hydrogen-bond donors (Lipinski definition) is 2. The number of nitrogens with one attached hydrogen (secondary N) is 1. The molecule has 1 amide bonds. The minimum Gasteiger partial charge on any atom is -0.389 e. The van der Waals surface area contributed by atoms with E-state index in [-0.39, 0.29) is 18.1 Å². The Balaban J connectivity index is 1.55. The number of carbonyl (C=O) groups excluding carboxylic acids is 1. The van der Waals surface area contributed by atoms with Crippen molar-refractivity contribution in [3.63, 3.8) is 0 Å². The van der Waals surface area contributed by atoms with Gasteiger partial charge in [0, 0.05) is 30.9 Å². The first-order valence-corrected chi connectivity index (χ1v) is 9.02. The molecule has 26 heavy (non-hydrogen) atoms. The van der Waals surface area contributed by atoms with Crippen molar-refractivity contribution >= 4 is 11.6 Å². The maximum Gasteiger partial charge on any atom is 0.255 e. The first-order chi connectivity index (χ1) is 12.5. The molecule has 5 nitrogen and oxygen atoms in total. The van der Waals surface area contributed by atoms with Crippen molar-refractivity contribution in [2.45, 2.75) is 38.7 Å². The smallest absolute Gasteiger partial charge is 0.255 e. The number of likely N-dealkylation sites (tertiary alicyclic amines) is 1. The summed E-state index contributed by atoms with van der Waals surface area (Å²) in [6, 6.07) is 17.0. The molecule has 0 radical (unpaired) electrons. The summed E-state index contributed by atoms with van der Waals surface area (Å²) < 4.78 is 5.75. The van der Waals surface area contributed by atoms with Gasteiger partial charge in [0.2, 0.25) is 0 Å². The third-order valence-corrected chi connectivity index (χ3v) is 4.41. The molecular formula is C21H26N2O3. The van der Waals surface area contributed by atoms with Crippen molar-refractivity contribution in [1.82, 2.24) is 4.90 Å². The van der Waals surface area contributed by atoms with Gasteiger partial charge in [0.05, 0.1) is 18.3 Å². The number of β-amino-alcohol motifs (C(OH)–C–C–N with tert-alkyl or cyclic N) is 1. The fraction of sp³-hybridized carbons (Fsp3) is 0.381. The largest absolute Gasteiger partial charge is 0.389 e. The van der Waals surface area contributed by atoms with Crippen LogP contribution in [-0.4, -0.2) is 47.3 Å². The van der Waals surface area contributed by atoms with Gasteiger partial charge in [-0.3, -0.25) is 9.69 Å². The maximum atomic E-state index is 12.3. The fourth-order valence-corrected chi connectivity index (χ4v) is 3.19. The van der Waals surface area contributed by atoms with Gasteiger partial charge in [0.15, 0.2) is 0 Å². The van der Waals surface area contributed by atoms with Crippen LogP contribution in [0.15, 0.2) is 54.6 Å². The van der Waals surface area contributed by atoms with Crippen LogP contribution in [0.1, 0.15) is 29.8 Å². The predicted molar refractivity (Wildman–Crippen MR) is 102 cm³/mol. The number of anilines is 1. The quantitative estimate of drug-likeness (QED) is 0.837. The molecule has 2 N–H and O–H groups in total. The van der Waals surface area contributed by atoms with E-state index in [1.165, 1.54) is 0 Å². The molecule has 2 aromatic carbocycles. The molecule has 1 fully saturated rings. The van der Waals surface area contributed by atoms with E-state index < -0.39 is 6.10 Å². The molecule has 5 heteroatoms. The van der Waals surface area contributed by atoms with Gasteiger partial charge in [-0.1, -0.05) is 30.3 Å². The number of hydrogen-bond acceptors (Lipinski definition) is 4. The van der Waals surface area contributed by atoms with Crippen LogP contribution in [-0.2, 0) is 11.3 Å². The fourth-order valence-electron chi connectivity index (χ4n) is 3.19. The van der Waals surface area contributed by atoms with Crippen LogP contribution in [0.3, 0.4) is 0 Å². The Hall–Kier alpha value is -2.21. The van der Waals surface area contributed by atoms with E-state index in [2.05, 4.69) is 10.2 Å². The van der Waals surface area contributed by atoms with Gasteiger partial charge >= 0.3 is 0 Å². The zero-order chi connectivity index (χ0) is 18.5. The van der Waals surface area contributed by atoms with Gasteiger partial charge in [0.25, 0.3) is 5.91 Å². The van der Waals surface area contributed by atoms with E-state index in [1.54, 1.807) is 0 Å². The van der Waals surface area contributed by atoms with Crippen LogP contribution < -0.4 is 5.32 Å². The highest BCUT2D eigenvalue weighted by Crippen LogP contribution is 2.18. The number of rotatable bonds is 6. The van der Waals surface area contributed by atoms with Crippen molar-refractivity contribution < 1.29 is 14.6 Å². The summed E-state index contributed by atoms with van der Waals surface area (Å²) in [6.45, 7) is 6.02. The van der Waals surface area contributed by atoms with E-state index in [4.69, 9.17) is 4.74 Å². The molecule has 1 saturated heterocycles. The van der Waals surface area contributed by atoms with Gasteiger partial charge in [-0.05, 0) is 43.7 Å². The normalized spacial score (nSPS) is 20.5. The minimum absolute atomic E-state index is 0.108. The molecular weight excluding hydrogens is 328 g/mol. The Morgan fingerprint density at radius 1 is 1.15 bits per heavy atom. The number of amides is 1. The molecule has 0 saturated carbocycles. The highest BCUT2D eigenvalue weighted by atomic mass is 16.5. The molecule has 0 aromatic heterocycles. The molecule has 0 spiro atoms. The summed E-state index contributed by atoms with van der Waals surface area (Å²) in [5, 5.41) is 13.0. The molecule has 0 bridgehead atoms. The number of aliphatic hydroxyl groups is 1. The lowest BCUT2D eigenvalue weighted by atomic mass is 10.1. The van der Waals surface area contributed by atoms with Crippen molar-refractivity contribution in [1.29, 1.82) is 0 Å². The van der Waals surface area contributed by atoms with E-state index in [1.807, 2.05) is 68.4 Å². The summed E-state index contributed by atoms with van der Waals surface area (Å²) in [5.41, 5.74) is 2.52. The number of para-hydroxylation sites is 1. The van der Waals surface area contributed by atoms with Crippen molar-refractivity contribution in [2.75, 3.05) is 18.4 Å². The Labute approximate surface area is 154 Å². The number of nitrogens with zero attached hydrogens (tertiary/aromatic N) is 1. The third-order valence-electron chi connectivity index (χ3n) is 4.41. The lowest BCUT2D eigenvalue weighted by molar-refractivity contribution is -0.0396. The SMILES string of the molecule is CC(C)O[C@@H]1CN(Cc2ccc(C(=O)Nc3ccccc3)cc2)C[C@H]1O. The Morgan fingerprint density at radius 3 is 2.50 bits per heavy atom. The molecule has 0 aliphatic carbocycles. The molecule has 0 unspecified atom stereocenters. The molecule has 1 heterocycles. The molecule has 3 rings (SSSR count). The summed E-state index contributed by atoms with van der Waals surface area (Å²) in [6.07, 6.45) is -0.476. The Bertz CT molecular complexity index is 716. The first-order valence-electron chi connectivity index (χ1n) is 9.02. The topological polar surface area (TPSA) is 61.8 Å². The number of carbonyl (C=O) groups is 1. The monoisotopic (exact) mass is 354 g/mol. The summed E-state index contributed by atoms with van der Waals surface area (Å²) in [5.74, 6) is -0.121. The molecule has 138 valence electrons. The Kier molecular flexibility index (Phi) is 6.04. The summed E-state index contributed by atoms with van der Waals surface area (Å²) in [4.78, 5) is 14.5. The zero-order valence-electron chi connectivity index (χ0n) is 15.3. The second kappa shape index (κ2) is 8.45. The Morgan fingerprint density at radius 2 is 1.85 bits per heavy atom. The van der Waals surface area contributed by atoms with E-state index in [9.17, 15) is 9.90 Å². The molecule has 1 aliphatic rings. The predicted octanol–water partition coefficient (Wildman–Crippen LogP) is 2.91. The van der Waals surface area contributed by atoms with Crippen LogP contribution >= 0.6 is 0 Å². The van der Waals surface area contributed by atoms with E-state index >= 15 is 0 Å². The van der Waals surface area contributed by atoms with Crippen LogP contribution in [0.4, 0.5) is 5.69 Å². The number of benzene rings is 2. The lowest BCUT2D eigenvalue weighted by Crippen LogP contribution is -2.29. The molecule has 2 atom stereocenters. The second-order valence-electron chi connectivity index (χ2n) is 7.00. The van der Waals surface area contributed by atoms with Gasteiger partial charge in [0.1, 0.15) is 0 Å². The minimum atomic E-state index is -0.451. The van der Waals surface area contributed by atoms with Crippen LogP contribution in [0.25, 0.3) is 0 Å². The summed E-state index contributed by atoms with van der Waals surface area (Å²) in [7, 11) is 0.